The van der Waals surface area contributed by atoms with Gasteiger partial charge in [0.25, 0.3) is 0 Å². The SMILES string of the molecule is CS(=O)(=O)C1c2ccccc2COc2ccc(C(=O)O)cc21. The number of sulfone groups is 1. The highest BCUT2D eigenvalue weighted by molar-refractivity contribution is 7.91. The molecule has 0 saturated carbocycles. The Hall–Kier alpha value is -2.34. The maximum Gasteiger partial charge on any atom is 0.335 e. The van der Waals surface area contributed by atoms with E-state index in [1.807, 2.05) is 12.1 Å². The fourth-order valence-electron chi connectivity index (χ4n) is 2.72. The summed E-state index contributed by atoms with van der Waals surface area (Å²) in [5.41, 5.74) is 1.82. The second-order valence-electron chi connectivity index (χ2n) is 5.25. The van der Waals surface area contributed by atoms with E-state index in [1.165, 1.54) is 18.2 Å². The second kappa shape index (κ2) is 5.14. The zero-order chi connectivity index (χ0) is 15.9. The van der Waals surface area contributed by atoms with Crippen LogP contribution >= 0.6 is 0 Å². The number of aromatic carboxylic acids is 1. The number of benzene rings is 2. The van der Waals surface area contributed by atoms with Gasteiger partial charge in [-0.3, -0.25) is 0 Å². The summed E-state index contributed by atoms with van der Waals surface area (Å²) in [4.78, 5) is 11.2. The fourth-order valence-corrected chi connectivity index (χ4v) is 4.06. The van der Waals surface area contributed by atoms with Gasteiger partial charge in [-0.1, -0.05) is 24.3 Å². The third-order valence-electron chi connectivity index (χ3n) is 3.69. The predicted molar refractivity (Wildman–Crippen MR) is 80.9 cm³/mol. The lowest BCUT2D eigenvalue weighted by atomic mass is 9.98. The van der Waals surface area contributed by atoms with Gasteiger partial charge in [-0.25, -0.2) is 13.2 Å². The Morgan fingerprint density at radius 3 is 2.59 bits per heavy atom. The monoisotopic (exact) mass is 318 g/mol. The van der Waals surface area contributed by atoms with Crippen molar-refractivity contribution < 1.29 is 23.1 Å². The molecule has 1 unspecified atom stereocenters. The standard InChI is InChI=1S/C16H14O5S/c1-22(19,20)15-12-5-3-2-4-11(12)9-21-14-7-6-10(16(17)18)8-13(14)15/h2-8,15H,9H2,1H3,(H,17,18). The molecule has 2 aromatic carbocycles. The van der Waals surface area contributed by atoms with Gasteiger partial charge in [0.05, 0.1) is 5.56 Å². The number of rotatable bonds is 2. The molecule has 114 valence electrons. The minimum absolute atomic E-state index is 0.0374. The van der Waals surface area contributed by atoms with Gasteiger partial charge in [0.1, 0.15) is 17.6 Å². The van der Waals surface area contributed by atoms with E-state index in [4.69, 9.17) is 9.84 Å². The fraction of sp³-hybridized carbons (Fsp3) is 0.188. The molecule has 0 aromatic heterocycles. The molecule has 6 heteroatoms. The lowest BCUT2D eigenvalue weighted by Gasteiger charge is -2.17. The van der Waals surface area contributed by atoms with E-state index in [0.29, 0.717) is 16.9 Å². The van der Waals surface area contributed by atoms with Crippen LogP contribution < -0.4 is 4.74 Å². The number of ether oxygens (including phenoxy) is 1. The average Bonchev–Trinajstić information content (AvgIpc) is 2.62. The molecular formula is C16H14O5S. The maximum absolute atomic E-state index is 12.3. The summed E-state index contributed by atoms with van der Waals surface area (Å²) in [5.74, 6) is -0.704. The van der Waals surface area contributed by atoms with E-state index in [1.54, 1.807) is 12.1 Å². The van der Waals surface area contributed by atoms with Crippen molar-refractivity contribution in [2.45, 2.75) is 11.9 Å². The van der Waals surface area contributed by atoms with Gasteiger partial charge in [-0.15, -0.1) is 0 Å². The van der Waals surface area contributed by atoms with E-state index in [9.17, 15) is 13.2 Å². The number of fused-ring (bicyclic) bond motifs is 2. The van der Waals surface area contributed by atoms with Crippen LogP contribution in [-0.4, -0.2) is 25.7 Å². The number of hydrogen-bond donors (Lipinski definition) is 1. The molecule has 2 aromatic rings. The highest BCUT2D eigenvalue weighted by atomic mass is 32.2. The summed E-state index contributed by atoms with van der Waals surface area (Å²) in [7, 11) is -3.49. The normalized spacial score (nSPS) is 16.9. The molecule has 5 nitrogen and oxygen atoms in total. The maximum atomic E-state index is 12.3. The van der Waals surface area contributed by atoms with Crippen LogP contribution in [0.1, 0.15) is 32.3 Å². The van der Waals surface area contributed by atoms with E-state index in [2.05, 4.69) is 0 Å². The summed E-state index contributed by atoms with van der Waals surface area (Å²) in [6.07, 6.45) is 1.15. The number of carboxylic acid groups (broad SMARTS) is 1. The van der Waals surface area contributed by atoms with Crippen molar-refractivity contribution >= 4 is 15.8 Å². The quantitative estimate of drug-likeness (QED) is 0.919. The predicted octanol–water partition coefficient (Wildman–Crippen LogP) is 2.41. The Kier molecular flexibility index (Phi) is 3.41. The molecule has 0 aliphatic carbocycles. The summed E-state index contributed by atoms with van der Waals surface area (Å²) in [5, 5.41) is 8.22. The third-order valence-corrected chi connectivity index (χ3v) is 5.05. The van der Waals surface area contributed by atoms with Crippen LogP contribution in [0.5, 0.6) is 5.75 Å². The van der Waals surface area contributed by atoms with Crippen molar-refractivity contribution in [3.05, 3.63) is 64.7 Å². The Morgan fingerprint density at radius 2 is 1.91 bits per heavy atom. The van der Waals surface area contributed by atoms with Crippen molar-refractivity contribution in [1.29, 1.82) is 0 Å². The van der Waals surface area contributed by atoms with Crippen LogP contribution in [0.2, 0.25) is 0 Å². The minimum atomic E-state index is -3.49. The Balaban J connectivity index is 2.31. The van der Waals surface area contributed by atoms with E-state index in [0.717, 1.165) is 11.8 Å². The van der Waals surface area contributed by atoms with Crippen LogP contribution in [0.3, 0.4) is 0 Å². The lowest BCUT2D eigenvalue weighted by molar-refractivity contribution is 0.0696. The van der Waals surface area contributed by atoms with Crippen molar-refractivity contribution in [3.8, 4) is 5.75 Å². The Bertz CT molecular complexity index is 855. The van der Waals surface area contributed by atoms with Crippen molar-refractivity contribution in [1.82, 2.24) is 0 Å². The first kappa shape index (κ1) is 14.6. The smallest absolute Gasteiger partial charge is 0.335 e. The summed E-state index contributed by atoms with van der Waals surface area (Å²) < 4.78 is 30.4. The van der Waals surface area contributed by atoms with E-state index in [-0.39, 0.29) is 12.2 Å². The van der Waals surface area contributed by atoms with Gasteiger partial charge >= 0.3 is 5.97 Å². The molecule has 1 aliphatic rings. The molecule has 0 amide bonds. The van der Waals surface area contributed by atoms with Crippen LogP contribution in [0, 0.1) is 0 Å². The van der Waals surface area contributed by atoms with Crippen LogP contribution in [0.15, 0.2) is 42.5 Å². The zero-order valence-corrected chi connectivity index (χ0v) is 12.6. The molecule has 0 radical (unpaired) electrons. The largest absolute Gasteiger partial charge is 0.489 e. The molecule has 0 bridgehead atoms. The van der Waals surface area contributed by atoms with Crippen molar-refractivity contribution in [2.75, 3.05) is 6.26 Å². The van der Waals surface area contributed by atoms with Gasteiger partial charge in [0.15, 0.2) is 9.84 Å². The first-order chi connectivity index (χ1) is 10.4. The highest BCUT2D eigenvalue weighted by Gasteiger charge is 2.32. The van der Waals surface area contributed by atoms with Gasteiger partial charge in [0.2, 0.25) is 0 Å². The number of carbonyl (C=O) groups is 1. The molecular weight excluding hydrogens is 304 g/mol. The summed E-state index contributed by atoms with van der Waals surface area (Å²) in [6.45, 7) is 0.252. The third kappa shape index (κ3) is 2.46. The molecule has 0 fully saturated rings. The average molecular weight is 318 g/mol. The van der Waals surface area contributed by atoms with Crippen LogP contribution in [0.25, 0.3) is 0 Å². The molecule has 1 aliphatic heterocycles. The van der Waals surface area contributed by atoms with Crippen molar-refractivity contribution in [3.63, 3.8) is 0 Å². The zero-order valence-electron chi connectivity index (χ0n) is 11.8. The topological polar surface area (TPSA) is 80.7 Å². The number of hydrogen-bond acceptors (Lipinski definition) is 4. The lowest BCUT2D eigenvalue weighted by Crippen LogP contribution is -2.14. The van der Waals surface area contributed by atoms with Gasteiger partial charge in [-0.2, -0.15) is 0 Å². The van der Waals surface area contributed by atoms with Crippen LogP contribution in [0.4, 0.5) is 0 Å². The van der Waals surface area contributed by atoms with Crippen molar-refractivity contribution in [2.24, 2.45) is 0 Å². The Labute approximate surface area is 128 Å². The first-order valence-corrected chi connectivity index (χ1v) is 8.60. The van der Waals surface area contributed by atoms with Crippen LogP contribution in [-0.2, 0) is 16.4 Å². The van der Waals surface area contributed by atoms with Gasteiger partial charge in [0, 0.05) is 11.8 Å². The summed E-state index contributed by atoms with van der Waals surface area (Å²) >= 11 is 0. The molecule has 0 saturated heterocycles. The molecule has 22 heavy (non-hydrogen) atoms. The molecule has 1 N–H and O–H groups in total. The molecule has 3 rings (SSSR count). The highest BCUT2D eigenvalue weighted by Crippen LogP contribution is 2.40. The molecule has 1 atom stereocenters. The number of carboxylic acids is 1. The first-order valence-electron chi connectivity index (χ1n) is 6.64. The minimum Gasteiger partial charge on any atom is -0.489 e. The summed E-state index contributed by atoms with van der Waals surface area (Å²) in [6, 6.07) is 11.5. The second-order valence-corrected chi connectivity index (χ2v) is 7.39. The molecule has 1 heterocycles. The van der Waals surface area contributed by atoms with Gasteiger partial charge < -0.3 is 9.84 Å². The van der Waals surface area contributed by atoms with Gasteiger partial charge in [-0.05, 0) is 29.3 Å². The molecule has 0 spiro atoms. The van der Waals surface area contributed by atoms with E-state index >= 15 is 0 Å². The Morgan fingerprint density at radius 1 is 1.18 bits per heavy atom. The van der Waals surface area contributed by atoms with E-state index < -0.39 is 21.1 Å².